The van der Waals surface area contributed by atoms with Gasteiger partial charge in [0.2, 0.25) is 12.1 Å². The molecule has 2 aromatic rings. The minimum Gasteiger partial charge on any atom is -0.508 e. The highest BCUT2D eigenvalue weighted by Crippen LogP contribution is 2.41. The van der Waals surface area contributed by atoms with Gasteiger partial charge in [-0.25, -0.2) is 0 Å². The number of rotatable bonds is 6. The number of fused-ring (bicyclic) bond motifs is 2. The fraction of sp³-hybridized carbons (Fsp3) is 0.481. The second-order valence-corrected chi connectivity index (χ2v) is 10.4. The second-order valence-electron chi connectivity index (χ2n) is 10.4. The van der Waals surface area contributed by atoms with Crippen molar-refractivity contribution < 1.29 is 74.5 Å². The second kappa shape index (κ2) is 11.5. The highest BCUT2D eigenvalue weighted by atomic mass is 16.8. The summed E-state index contributed by atoms with van der Waals surface area (Å²) in [5.74, 6) is -2.98. The van der Waals surface area contributed by atoms with E-state index in [-0.39, 0.29) is 22.3 Å². The number of carbonyl (C=O) groups is 2. The molecule has 2 aromatic carbocycles. The first-order valence-electron chi connectivity index (χ1n) is 12.9. The average molecular weight is 595 g/mol. The number of phenols is 2. The SMILES string of the molecule is Cc1cc(O)c2c(c1)C(=O)c1cc(O)cc(OC3OC(CO)C(O)C(O)C3OC3OC(CO)C(O)C(O)C3O)c1C2=O. The molecule has 3 aliphatic rings. The summed E-state index contributed by atoms with van der Waals surface area (Å²) < 4.78 is 22.3. The molecule has 2 saturated heterocycles. The van der Waals surface area contributed by atoms with Gasteiger partial charge in [0.1, 0.15) is 60.0 Å². The monoisotopic (exact) mass is 594 g/mol. The summed E-state index contributed by atoms with van der Waals surface area (Å²) >= 11 is 0. The summed E-state index contributed by atoms with van der Waals surface area (Å²) in [6.07, 6.45) is -17.5. The minimum atomic E-state index is -1.92. The predicted molar refractivity (Wildman–Crippen MR) is 135 cm³/mol. The number of aliphatic hydroxyl groups is 7. The van der Waals surface area contributed by atoms with Crippen LogP contribution in [0.1, 0.15) is 37.4 Å². The van der Waals surface area contributed by atoms with E-state index in [9.17, 15) is 55.5 Å². The number of aliphatic hydroxyl groups excluding tert-OH is 7. The fourth-order valence-electron chi connectivity index (χ4n) is 5.32. The quantitative estimate of drug-likeness (QED) is 0.140. The Hall–Kier alpha value is -3.22. The lowest BCUT2D eigenvalue weighted by Crippen LogP contribution is -2.65. The van der Waals surface area contributed by atoms with Crippen LogP contribution in [0.25, 0.3) is 0 Å². The smallest absolute Gasteiger partial charge is 0.229 e. The molecule has 1 aliphatic carbocycles. The van der Waals surface area contributed by atoms with Gasteiger partial charge < -0.3 is 64.9 Å². The maximum Gasteiger partial charge on any atom is 0.229 e. The number of benzene rings is 2. The van der Waals surface area contributed by atoms with Crippen molar-refractivity contribution in [3.05, 3.63) is 52.1 Å². The third-order valence-electron chi connectivity index (χ3n) is 7.50. The molecule has 2 aliphatic heterocycles. The van der Waals surface area contributed by atoms with Gasteiger partial charge in [0.05, 0.1) is 24.3 Å². The van der Waals surface area contributed by atoms with Gasteiger partial charge in [-0.2, -0.15) is 0 Å². The lowest BCUT2D eigenvalue weighted by molar-refractivity contribution is -0.357. The van der Waals surface area contributed by atoms with Crippen LogP contribution in [0.2, 0.25) is 0 Å². The van der Waals surface area contributed by atoms with Crippen LogP contribution in [0.15, 0.2) is 24.3 Å². The Labute approximate surface area is 237 Å². The summed E-state index contributed by atoms with van der Waals surface area (Å²) in [6, 6.07) is 4.68. The van der Waals surface area contributed by atoms with Crippen molar-refractivity contribution in [3.63, 3.8) is 0 Å². The van der Waals surface area contributed by atoms with Crippen LogP contribution < -0.4 is 4.74 Å². The molecule has 0 amide bonds. The largest absolute Gasteiger partial charge is 0.508 e. The number of ether oxygens (including phenoxy) is 4. The summed E-state index contributed by atoms with van der Waals surface area (Å²) in [4.78, 5) is 26.9. The Kier molecular flexibility index (Phi) is 8.25. The average Bonchev–Trinajstić information content (AvgIpc) is 2.94. The Bertz CT molecular complexity index is 1380. The molecule has 2 fully saturated rings. The zero-order valence-electron chi connectivity index (χ0n) is 22.0. The van der Waals surface area contributed by atoms with Crippen molar-refractivity contribution in [2.45, 2.75) is 68.3 Å². The lowest BCUT2D eigenvalue weighted by atomic mass is 9.82. The van der Waals surface area contributed by atoms with Gasteiger partial charge >= 0.3 is 0 Å². The highest BCUT2D eigenvalue weighted by molar-refractivity contribution is 6.30. The molecule has 0 aromatic heterocycles. The van der Waals surface area contributed by atoms with Gasteiger partial charge in [-0.1, -0.05) is 0 Å². The van der Waals surface area contributed by atoms with Crippen LogP contribution in [-0.2, 0) is 14.2 Å². The molecule has 0 bridgehead atoms. The van der Waals surface area contributed by atoms with Crippen LogP contribution in [0, 0.1) is 6.92 Å². The number of hydrogen-bond donors (Lipinski definition) is 9. The molecule has 0 saturated carbocycles. The molecule has 42 heavy (non-hydrogen) atoms. The number of ketones is 2. The molecule has 9 N–H and O–H groups in total. The molecule has 10 atom stereocenters. The van der Waals surface area contributed by atoms with Crippen LogP contribution >= 0.6 is 0 Å². The van der Waals surface area contributed by atoms with Crippen LogP contribution in [-0.4, -0.2) is 132 Å². The maximum atomic E-state index is 13.6. The van der Waals surface area contributed by atoms with Crippen LogP contribution in [0.4, 0.5) is 0 Å². The lowest BCUT2D eigenvalue weighted by Gasteiger charge is -2.45. The predicted octanol–water partition coefficient (Wildman–Crippen LogP) is -2.82. The summed E-state index contributed by atoms with van der Waals surface area (Å²) in [6.45, 7) is 0.00166. The minimum absolute atomic E-state index is 0.0989. The third kappa shape index (κ3) is 5.03. The van der Waals surface area contributed by atoms with Gasteiger partial charge in [-0.05, 0) is 30.7 Å². The number of phenolic OH excluding ortho intramolecular Hbond substituents is 2. The first-order chi connectivity index (χ1) is 19.9. The fourth-order valence-corrected chi connectivity index (χ4v) is 5.32. The molecule has 2 heterocycles. The zero-order valence-corrected chi connectivity index (χ0v) is 22.0. The van der Waals surface area contributed by atoms with Crippen molar-refractivity contribution in [2.24, 2.45) is 0 Å². The van der Waals surface area contributed by atoms with Crippen LogP contribution in [0.3, 0.4) is 0 Å². The van der Waals surface area contributed by atoms with Gasteiger partial charge in [-0.15, -0.1) is 0 Å². The standard InChI is InChI=1S/C27H30O15/c1-8-2-10-16(12(31)3-8)21(35)17-11(18(10)32)4-9(30)5-13(17)39-27-25(23(37)20(34)15(7-29)41-27)42-26-24(38)22(36)19(33)14(6-28)40-26/h2-5,14-15,19-20,22-31,33-34,36-38H,6-7H2,1H3. The Balaban J connectivity index is 1.53. The summed E-state index contributed by atoms with van der Waals surface area (Å²) in [5.41, 5.74) is -0.553. The van der Waals surface area contributed by atoms with E-state index in [1.807, 2.05) is 0 Å². The van der Waals surface area contributed by atoms with Gasteiger partial charge in [0.25, 0.3) is 0 Å². The van der Waals surface area contributed by atoms with E-state index in [0.29, 0.717) is 5.56 Å². The third-order valence-corrected chi connectivity index (χ3v) is 7.50. The van der Waals surface area contributed by atoms with Crippen molar-refractivity contribution >= 4 is 11.6 Å². The topological polar surface area (TPSA) is 253 Å². The van der Waals surface area contributed by atoms with Gasteiger partial charge in [0, 0.05) is 17.2 Å². The molecule has 5 rings (SSSR count). The van der Waals surface area contributed by atoms with E-state index in [1.165, 1.54) is 12.1 Å². The number of carbonyl (C=O) groups excluding carboxylic acids is 2. The number of hydrogen-bond acceptors (Lipinski definition) is 15. The molecule has 15 heteroatoms. The highest BCUT2D eigenvalue weighted by Gasteiger charge is 2.51. The molecular formula is C27H30O15. The number of aryl methyl sites for hydroxylation is 1. The van der Waals surface area contributed by atoms with Gasteiger partial charge in [-0.3, -0.25) is 9.59 Å². The van der Waals surface area contributed by atoms with Crippen molar-refractivity contribution in [2.75, 3.05) is 13.2 Å². The molecule has 15 nitrogen and oxygen atoms in total. The molecule has 228 valence electrons. The maximum absolute atomic E-state index is 13.6. The first-order valence-corrected chi connectivity index (χ1v) is 12.9. The summed E-state index contributed by atoms with van der Waals surface area (Å²) in [7, 11) is 0. The molecule has 0 radical (unpaired) electrons. The van der Waals surface area contributed by atoms with Crippen molar-refractivity contribution in [1.29, 1.82) is 0 Å². The molecule has 10 unspecified atom stereocenters. The number of aromatic hydroxyl groups is 2. The summed E-state index contributed by atoms with van der Waals surface area (Å²) in [5, 5.41) is 92.1. The van der Waals surface area contributed by atoms with E-state index < -0.39 is 103 Å². The Morgan fingerprint density at radius 1 is 0.714 bits per heavy atom. The van der Waals surface area contributed by atoms with Crippen molar-refractivity contribution in [3.8, 4) is 17.2 Å². The normalized spacial score (nSPS) is 34.6. The first kappa shape index (κ1) is 30.2. The van der Waals surface area contributed by atoms with E-state index in [4.69, 9.17) is 18.9 Å². The Morgan fingerprint density at radius 2 is 1.31 bits per heavy atom. The van der Waals surface area contributed by atoms with E-state index in [1.54, 1.807) is 6.92 Å². The van der Waals surface area contributed by atoms with Crippen LogP contribution in [0.5, 0.6) is 17.2 Å². The zero-order chi connectivity index (χ0) is 30.6. The molecule has 0 spiro atoms. The molecular weight excluding hydrogens is 564 g/mol. The van der Waals surface area contributed by atoms with Crippen molar-refractivity contribution in [1.82, 2.24) is 0 Å². The van der Waals surface area contributed by atoms with E-state index in [0.717, 1.165) is 12.1 Å². The van der Waals surface area contributed by atoms with Gasteiger partial charge in [0.15, 0.2) is 18.2 Å². The van der Waals surface area contributed by atoms with E-state index in [2.05, 4.69) is 0 Å². The Morgan fingerprint density at radius 3 is 1.95 bits per heavy atom. The van der Waals surface area contributed by atoms with E-state index >= 15 is 0 Å².